The van der Waals surface area contributed by atoms with Gasteiger partial charge in [-0.2, -0.15) is 4.98 Å². The number of aromatic nitrogens is 3. The number of hydrogen-bond acceptors (Lipinski definition) is 11. The second-order valence-electron chi connectivity index (χ2n) is 16.7. The average molecular weight is 917 g/mol. The third kappa shape index (κ3) is 9.49. The van der Waals surface area contributed by atoms with E-state index >= 15 is 0 Å². The van der Waals surface area contributed by atoms with E-state index in [0.29, 0.717) is 58.9 Å². The summed E-state index contributed by atoms with van der Waals surface area (Å²) in [7, 11) is -1.06. The Kier molecular flexibility index (Phi) is 12.5. The highest BCUT2D eigenvalue weighted by molar-refractivity contribution is 9.10. The summed E-state index contributed by atoms with van der Waals surface area (Å²) < 4.78 is 47.6. The molecular formula is C45H53BrF2N9O3P. The predicted octanol–water partition coefficient (Wildman–Crippen LogP) is 8.32. The van der Waals surface area contributed by atoms with Gasteiger partial charge in [0.2, 0.25) is 11.9 Å². The van der Waals surface area contributed by atoms with Gasteiger partial charge in [-0.1, -0.05) is 13.0 Å². The number of benzene rings is 3. The summed E-state index contributed by atoms with van der Waals surface area (Å²) in [5, 5.41) is 8.39. The third-order valence-electron chi connectivity index (χ3n) is 12.2. The van der Waals surface area contributed by atoms with Crippen molar-refractivity contribution in [3.05, 3.63) is 88.2 Å². The van der Waals surface area contributed by atoms with Crippen molar-refractivity contribution >= 4 is 79.7 Å². The van der Waals surface area contributed by atoms with E-state index in [4.69, 9.17) is 9.72 Å². The fraction of sp³-hybridized carbons (Fsp3) is 0.422. The summed E-state index contributed by atoms with van der Waals surface area (Å²) >= 11 is 3.61. The van der Waals surface area contributed by atoms with Crippen molar-refractivity contribution in [3.8, 4) is 5.75 Å². The van der Waals surface area contributed by atoms with Crippen molar-refractivity contribution in [2.75, 3.05) is 93.2 Å². The highest BCUT2D eigenvalue weighted by Gasteiger charge is 2.34. The van der Waals surface area contributed by atoms with E-state index in [2.05, 4.69) is 65.4 Å². The molecule has 3 aromatic carbocycles. The Morgan fingerprint density at radius 1 is 0.902 bits per heavy atom. The van der Waals surface area contributed by atoms with Gasteiger partial charge < -0.3 is 34.6 Å². The van der Waals surface area contributed by atoms with Gasteiger partial charge in [0.25, 0.3) is 0 Å². The van der Waals surface area contributed by atoms with Gasteiger partial charge in [0, 0.05) is 117 Å². The Morgan fingerprint density at radius 2 is 1.62 bits per heavy atom. The van der Waals surface area contributed by atoms with Gasteiger partial charge in [-0.15, -0.1) is 0 Å². The lowest BCUT2D eigenvalue weighted by molar-refractivity contribution is -0.134. The minimum Gasteiger partial charge on any atom is -0.494 e. The first-order chi connectivity index (χ1) is 29.3. The van der Waals surface area contributed by atoms with Gasteiger partial charge >= 0.3 is 0 Å². The molecule has 0 saturated carbocycles. The Morgan fingerprint density at radius 3 is 2.30 bits per heavy atom. The number of pyridine rings is 1. The number of halogens is 3. The van der Waals surface area contributed by atoms with Crippen molar-refractivity contribution in [1.29, 1.82) is 0 Å². The van der Waals surface area contributed by atoms with E-state index in [1.807, 2.05) is 41.0 Å². The number of piperazine rings is 1. The minimum atomic E-state index is -2.73. The second-order valence-corrected chi connectivity index (χ2v) is 20.7. The van der Waals surface area contributed by atoms with Crippen LogP contribution < -0.4 is 30.5 Å². The molecule has 2 N–H and O–H groups in total. The number of piperidine rings is 1. The molecule has 2 aromatic heterocycles. The van der Waals surface area contributed by atoms with E-state index in [1.54, 1.807) is 26.6 Å². The molecule has 3 aliphatic heterocycles. The summed E-state index contributed by atoms with van der Waals surface area (Å²) in [6.45, 7) is 13.9. The lowest BCUT2D eigenvalue weighted by Crippen LogP contribution is -2.55. The van der Waals surface area contributed by atoms with Crippen molar-refractivity contribution in [2.24, 2.45) is 5.92 Å². The quantitative estimate of drug-likeness (QED) is 0.118. The van der Waals surface area contributed by atoms with Crippen LogP contribution in [0.2, 0.25) is 0 Å². The van der Waals surface area contributed by atoms with Crippen molar-refractivity contribution < 1.29 is 22.9 Å². The molecule has 5 aromatic rings. The number of hydrogen-bond donors (Lipinski definition) is 2. The summed E-state index contributed by atoms with van der Waals surface area (Å²) in [5.41, 5.74) is 6.03. The number of amides is 1. The maximum Gasteiger partial charge on any atom is 0.229 e. The molecule has 8 rings (SSSR count). The van der Waals surface area contributed by atoms with Gasteiger partial charge in [-0.3, -0.25) is 14.7 Å². The Hall–Kier alpha value is -4.85. The molecule has 0 radical (unpaired) electrons. The standard InChI is InChI=1S/C45H53BrF2N9O3P/c1-6-30-20-39(52-45-49-25-36(46)44(53-45)51-38-10-9-37-35(8-7-28(2)50-37)43(38)61(4,5)59)41(60-3)24-40(30)55-13-11-33(12-14-55)54-15-17-56(18-16-54)42(58)19-29-26-57(27-29)34-22-31(47)21-32(48)23-34/h7-10,20-25,29,33H,6,11-19,26-27H2,1-5H3,(H2,49,51,52,53). The van der Waals surface area contributed by atoms with Gasteiger partial charge in [0.05, 0.1) is 28.5 Å². The first-order valence-corrected chi connectivity index (χ1v) is 24.4. The molecule has 3 saturated heterocycles. The molecule has 0 aliphatic carbocycles. The fourth-order valence-electron chi connectivity index (χ4n) is 9.01. The van der Waals surface area contributed by atoms with Crippen LogP contribution in [0.15, 0.2) is 65.3 Å². The van der Waals surface area contributed by atoms with E-state index in [9.17, 15) is 18.1 Å². The number of nitrogens with zero attached hydrogens (tertiary/aromatic N) is 7. The van der Waals surface area contributed by atoms with Gasteiger partial charge in [0.1, 0.15) is 30.3 Å². The van der Waals surface area contributed by atoms with Crippen LogP contribution in [0.3, 0.4) is 0 Å². The maximum atomic E-state index is 13.7. The molecule has 3 aliphatic rings. The van der Waals surface area contributed by atoms with E-state index in [1.165, 1.54) is 17.7 Å². The average Bonchev–Trinajstić information content (AvgIpc) is 3.22. The van der Waals surface area contributed by atoms with Crippen LogP contribution in [0, 0.1) is 24.5 Å². The molecule has 3 fully saturated rings. The summed E-state index contributed by atoms with van der Waals surface area (Å²) in [4.78, 5) is 36.1. The molecule has 61 heavy (non-hydrogen) atoms. The summed E-state index contributed by atoms with van der Waals surface area (Å²) in [6.07, 6.45) is 5.04. The fourth-order valence-corrected chi connectivity index (χ4v) is 10.8. The third-order valence-corrected chi connectivity index (χ3v) is 14.3. The molecule has 5 heterocycles. The first-order valence-electron chi connectivity index (χ1n) is 21.0. The van der Waals surface area contributed by atoms with Crippen LogP contribution in [-0.2, 0) is 15.8 Å². The molecule has 12 nitrogen and oxygen atoms in total. The molecule has 0 unspecified atom stereocenters. The highest BCUT2D eigenvalue weighted by atomic mass is 79.9. The molecule has 1 amide bonds. The summed E-state index contributed by atoms with van der Waals surface area (Å²) in [5.74, 6) is 0.784. The Balaban J connectivity index is 0.872. The first kappa shape index (κ1) is 42.8. The normalized spacial score (nSPS) is 16.8. The van der Waals surface area contributed by atoms with Crippen molar-refractivity contribution in [2.45, 2.75) is 45.6 Å². The van der Waals surface area contributed by atoms with Gasteiger partial charge in [0.15, 0.2) is 0 Å². The smallest absolute Gasteiger partial charge is 0.229 e. The SMILES string of the molecule is CCc1cc(Nc2ncc(Br)c(Nc3ccc4nc(C)ccc4c3P(C)(C)=O)n2)c(OC)cc1N1CCC(N2CCN(C(=O)CC3CN(c4cc(F)cc(F)c4)C3)CC2)CC1. The monoisotopic (exact) mass is 915 g/mol. The number of ether oxygens (including phenoxy) is 1. The molecule has 0 bridgehead atoms. The van der Waals surface area contributed by atoms with Crippen LogP contribution in [-0.4, -0.2) is 109 Å². The molecule has 16 heteroatoms. The Labute approximate surface area is 364 Å². The lowest BCUT2D eigenvalue weighted by Gasteiger charge is -2.44. The zero-order valence-corrected chi connectivity index (χ0v) is 37.8. The van der Waals surface area contributed by atoms with Gasteiger partial charge in [-0.25, -0.2) is 13.8 Å². The zero-order valence-electron chi connectivity index (χ0n) is 35.3. The molecule has 0 spiro atoms. The highest BCUT2D eigenvalue weighted by Crippen LogP contribution is 2.42. The van der Waals surface area contributed by atoms with Crippen LogP contribution in [0.5, 0.6) is 5.75 Å². The number of nitrogens with one attached hydrogen (secondary N) is 2. The van der Waals surface area contributed by atoms with E-state index in [0.717, 1.165) is 97.9 Å². The van der Waals surface area contributed by atoms with E-state index in [-0.39, 0.29) is 11.8 Å². The van der Waals surface area contributed by atoms with Crippen LogP contribution >= 0.6 is 23.1 Å². The largest absolute Gasteiger partial charge is 0.494 e. The molecule has 0 atom stereocenters. The van der Waals surface area contributed by atoms with Crippen molar-refractivity contribution in [1.82, 2.24) is 24.8 Å². The van der Waals surface area contributed by atoms with E-state index < -0.39 is 18.8 Å². The molecule has 322 valence electrons. The number of anilines is 6. The van der Waals surface area contributed by atoms with Crippen LogP contribution in [0.25, 0.3) is 10.9 Å². The number of fused-ring (bicyclic) bond motifs is 1. The zero-order chi connectivity index (χ0) is 43.0. The van der Waals surface area contributed by atoms with Crippen molar-refractivity contribution in [3.63, 3.8) is 0 Å². The Bertz CT molecular complexity index is 2460. The van der Waals surface area contributed by atoms with Gasteiger partial charge in [-0.05, 0) is 97.4 Å². The number of carbonyl (C=O) groups is 1. The number of aryl methyl sites for hydroxylation is 2. The van der Waals surface area contributed by atoms with Crippen LogP contribution in [0.1, 0.15) is 37.4 Å². The maximum absolute atomic E-state index is 13.7. The molecular weight excluding hydrogens is 863 g/mol. The number of methoxy groups -OCH3 is 1. The summed E-state index contributed by atoms with van der Waals surface area (Å²) in [6, 6.07) is 16.0. The number of rotatable bonds is 12. The topological polar surface area (TPSA) is 119 Å². The second kappa shape index (κ2) is 17.9. The van der Waals surface area contributed by atoms with Crippen LogP contribution in [0.4, 0.5) is 43.3 Å². The number of carbonyl (C=O) groups excluding carboxylic acids is 1. The minimum absolute atomic E-state index is 0.168. The lowest BCUT2D eigenvalue weighted by atomic mass is 9.94. The predicted molar refractivity (Wildman–Crippen MR) is 244 cm³/mol.